The molecule has 1 N–H and O–H groups in total. The van der Waals surface area contributed by atoms with Crippen molar-refractivity contribution in [3.63, 3.8) is 0 Å². The molecule has 2 aromatic heterocycles. The molecule has 162 valence electrons. The van der Waals surface area contributed by atoms with E-state index < -0.39 is 35.6 Å². The van der Waals surface area contributed by atoms with Gasteiger partial charge in [-0.2, -0.15) is 13.2 Å². The number of nitrogens with one attached hydrogen (secondary N) is 1. The van der Waals surface area contributed by atoms with Crippen LogP contribution in [0.4, 0.5) is 17.6 Å². The van der Waals surface area contributed by atoms with Gasteiger partial charge in [-0.1, -0.05) is 41.4 Å². The molecule has 0 saturated heterocycles. The molecule has 2 heterocycles. The number of amides is 1. The van der Waals surface area contributed by atoms with Crippen molar-refractivity contribution >= 4 is 17.5 Å². The highest BCUT2D eigenvalue weighted by Gasteiger charge is 2.38. The molecule has 0 fully saturated rings. The summed E-state index contributed by atoms with van der Waals surface area (Å²) >= 11 is 6.24. The number of nitrogens with zero attached hydrogens (tertiary/aromatic N) is 2. The van der Waals surface area contributed by atoms with Gasteiger partial charge in [0.05, 0.1) is 22.8 Å². The third-order valence-electron chi connectivity index (χ3n) is 4.62. The molecule has 1 aromatic carbocycles. The van der Waals surface area contributed by atoms with Crippen LogP contribution in [0.3, 0.4) is 0 Å². The Morgan fingerprint density at radius 2 is 1.71 bits per heavy atom. The van der Waals surface area contributed by atoms with Gasteiger partial charge in [-0.3, -0.25) is 14.8 Å². The predicted octanol–water partition coefficient (Wildman–Crippen LogP) is 5.74. The zero-order valence-corrected chi connectivity index (χ0v) is 17.4. The van der Waals surface area contributed by atoms with Crippen molar-refractivity contribution in [1.29, 1.82) is 0 Å². The van der Waals surface area contributed by atoms with Crippen molar-refractivity contribution in [3.05, 3.63) is 82.4 Å². The number of carbonyl (C=O) groups is 1. The minimum Gasteiger partial charge on any atom is -0.348 e. The van der Waals surface area contributed by atoms with Crippen LogP contribution in [0, 0.1) is 6.92 Å². The predicted molar refractivity (Wildman–Crippen MR) is 109 cm³/mol. The maximum Gasteiger partial charge on any atom is 0.434 e. The Labute approximate surface area is 181 Å². The van der Waals surface area contributed by atoms with E-state index in [2.05, 4.69) is 15.3 Å². The summed E-state index contributed by atoms with van der Waals surface area (Å²) in [5.74, 6) is -1.10. The molecule has 0 aliphatic rings. The normalized spacial score (nSPS) is 13.5. The van der Waals surface area contributed by atoms with Crippen LogP contribution in [0.5, 0.6) is 0 Å². The van der Waals surface area contributed by atoms with Gasteiger partial charge in [0.2, 0.25) is 0 Å². The number of halogens is 5. The van der Waals surface area contributed by atoms with Crippen LogP contribution in [0.2, 0.25) is 5.02 Å². The van der Waals surface area contributed by atoms with E-state index in [1.807, 2.05) is 31.2 Å². The van der Waals surface area contributed by atoms with E-state index in [9.17, 15) is 18.0 Å². The molecule has 0 radical (unpaired) electrons. The maximum absolute atomic E-state index is 15.3. The van der Waals surface area contributed by atoms with E-state index in [0.717, 1.165) is 30.3 Å². The second-order valence-corrected chi connectivity index (χ2v) is 7.61. The Morgan fingerprint density at radius 1 is 1.03 bits per heavy atom. The molecule has 0 bridgehead atoms. The fourth-order valence-electron chi connectivity index (χ4n) is 2.97. The quantitative estimate of drug-likeness (QED) is 0.503. The summed E-state index contributed by atoms with van der Waals surface area (Å²) in [5, 5.41) is 2.21. The maximum atomic E-state index is 15.3. The Kier molecular flexibility index (Phi) is 6.31. The van der Waals surface area contributed by atoms with Crippen LogP contribution in [0.1, 0.15) is 34.2 Å². The van der Waals surface area contributed by atoms with E-state index in [1.54, 1.807) is 6.07 Å². The van der Waals surface area contributed by atoms with Gasteiger partial charge < -0.3 is 5.32 Å². The Balaban J connectivity index is 1.78. The van der Waals surface area contributed by atoms with Gasteiger partial charge in [0.1, 0.15) is 0 Å². The number of pyridine rings is 2. The first kappa shape index (κ1) is 22.7. The molecule has 0 spiro atoms. The fraction of sp³-hybridized carbons (Fsp3) is 0.227. The largest absolute Gasteiger partial charge is 0.434 e. The Hall–Kier alpha value is -3.00. The van der Waals surface area contributed by atoms with Crippen molar-refractivity contribution in [2.24, 2.45) is 0 Å². The number of carbonyl (C=O) groups excluding carboxylic acids is 1. The number of alkyl halides is 4. The molecule has 0 saturated carbocycles. The van der Waals surface area contributed by atoms with Crippen molar-refractivity contribution in [1.82, 2.24) is 15.3 Å². The van der Waals surface area contributed by atoms with Crippen molar-refractivity contribution < 1.29 is 22.4 Å². The second-order valence-electron chi connectivity index (χ2n) is 7.20. The topological polar surface area (TPSA) is 54.9 Å². The van der Waals surface area contributed by atoms with Gasteiger partial charge in [-0.15, -0.1) is 0 Å². The van der Waals surface area contributed by atoms with Gasteiger partial charge in [0.25, 0.3) is 5.91 Å². The number of rotatable bonds is 5. The average molecular weight is 452 g/mol. The van der Waals surface area contributed by atoms with Gasteiger partial charge >= 0.3 is 6.18 Å². The smallest absolute Gasteiger partial charge is 0.348 e. The highest BCUT2D eigenvalue weighted by molar-refractivity contribution is 6.31. The SMILES string of the molecule is Cc1ccc(-c2cnc(C(C)(F)CNC(=O)c3cccnc3C(F)(F)F)c(Cl)c2)cc1. The lowest BCUT2D eigenvalue weighted by Crippen LogP contribution is -2.37. The molecule has 1 amide bonds. The summed E-state index contributed by atoms with van der Waals surface area (Å²) in [7, 11) is 0. The monoisotopic (exact) mass is 451 g/mol. The molecular formula is C22H18ClF4N3O. The minimum absolute atomic E-state index is 0.0367. The van der Waals surface area contributed by atoms with Gasteiger partial charge in [-0.25, -0.2) is 4.39 Å². The summed E-state index contributed by atoms with van der Waals surface area (Å²) < 4.78 is 54.5. The van der Waals surface area contributed by atoms with Gasteiger partial charge in [0.15, 0.2) is 11.4 Å². The summed E-state index contributed by atoms with van der Waals surface area (Å²) in [6.45, 7) is 2.46. The summed E-state index contributed by atoms with van der Waals surface area (Å²) in [6.07, 6.45) is -2.43. The zero-order valence-electron chi connectivity index (χ0n) is 16.6. The summed E-state index contributed by atoms with van der Waals surface area (Å²) in [5.41, 5.74) is -1.79. The lowest BCUT2D eigenvalue weighted by atomic mass is 10.0. The fourth-order valence-corrected chi connectivity index (χ4v) is 3.33. The molecule has 3 rings (SSSR count). The molecule has 0 aliphatic heterocycles. The molecular weight excluding hydrogens is 434 g/mol. The summed E-state index contributed by atoms with van der Waals surface area (Å²) in [6, 6.07) is 11.3. The average Bonchev–Trinajstić information content (AvgIpc) is 2.71. The first-order chi connectivity index (χ1) is 14.5. The summed E-state index contributed by atoms with van der Waals surface area (Å²) in [4.78, 5) is 19.6. The minimum atomic E-state index is -4.82. The Morgan fingerprint density at radius 3 is 2.32 bits per heavy atom. The highest BCUT2D eigenvalue weighted by Crippen LogP contribution is 2.33. The van der Waals surface area contributed by atoms with Crippen molar-refractivity contribution in [3.8, 4) is 11.1 Å². The van der Waals surface area contributed by atoms with Gasteiger partial charge in [0, 0.05) is 18.0 Å². The molecule has 1 unspecified atom stereocenters. The lowest BCUT2D eigenvalue weighted by Gasteiger charge is -2.22. The second kappa shape index (κ2) is 8.63. The molecule has 3 aromatic rings. The van der Waals surface area contributed by atoms with Crippen LogP contribution in [0.25, 0.3) is 11.1 Å². The van der Waals surface area contributed by atoms with E-state index in [1.165, 1.54) is 12.3 Å². The molecule has 4 nitrogen and oxygen atoms in total. The van der Waals surface area contributed by atoms with Gasteiger partial charge in [-0.05, 0) is 37.6 Å². The van der Waals surface area contributed by atoms with E-state index >= 15 is 4.39 Å². The molecule has 9 heteroatoms. The van der Waals surface area contributed by atoms with Crippen molar-refractivity contribution in [2.75, 3.05) is 6.54 Å². The van der Waals surface area contributed by atoms with E-state index in [4.69, 9.17) is 11.6 Å². The lowest BCUT2D eigenvalue weighted by molar-refractivity contribution is -0.141. The standard InChI is InChI=1S/C22H18ClF4N3O/c1-13-5-7-14(8-6-13)15-10-17(23)19(29-11-15)21(2,24)12-30-20(31)16-4-3-9-28-18(16)22(25,26)27/h3-11H,12H2,1-2H3,(H,30,31). The van der Waals surface area contributed by atoms with Crippen LogP contribution >= 0.6 is 11.6 Å². The highest BCUT2D eigenvalue weighted by atomic mass is 35.5. The van der Waals surface area contributed by atoms with Crippen LogP contribution in [-0.2, 0) is 11.8 Å². The Bertz CT molecular complexity index is 1100. The van der Waals surface area contributed by atoms with E-state index in [-0.39, 0.29) is 10.7 Å². The number of hydrogen-bond acceptors (Lipinski definition) is 3. The number of hydrogen-bond donors (Lipinski definition) is 1. The first-order valence-corrected chi connectivity index (χ1v) is 9.59. The third kappa shape index (κ3) is 5.19. The first-order valence-electron chi connectivity index (χ1n) is 9.21. The van der Waals surface area contributed by atoms with E-state index in [0.29, 0.717) is 5.56 Å². The number of aromatic nitrogens is 2. The molecule has 31 heavy (non-hydrogen) atoms. The van der Waals surface area contributed by atoms with Crippen molar-refractivity contribution in [2.45, 2.75) is 25.7 Å². The van der Waals surface area contributed by atoms with Crippen LogP contribution < -0.4 is 5.32 Å². The zero-order chi connectivity index (χ0) is 22.8. The van der Waals surface area contributed by atoms with Crippen LogP contribution in [-0.4, -0.2) is 22.4 Å². The molecule has 1 atom stereocenters. The third-order valence-corrected chi connectivity index (χ3v) is 4.91. The number of benzene rings is 1. The molecule has 0 aliphatic carbocycles. The van der Waals surface area contributed by atoms with Crippen LogP contribution in [0.15, 0.2) is 54.9 Å². The number of aryl methyl sites for hydroxylation is 1.